The van der Waals surface area contributed by atoms with Gasteiger partial charge < -0.3 is 9.84 Å². The number of halogens is 3. The fraction of sp³-hybridized carbons (Fsp3) is 0.357. The Balaban J connectivity index is 2.12. The lowest BCUT2D eigenvalue weighted by molar-refractivity contribution is -0.136. The number of aliphatic hydroxyl groups is 1. The summed E-state index contributed by atoms with van der Waals surface area (Å²) in [6, 6.07) is 8.69. The Hall–Kier alpha value is -1.82. The maximum atomic E-state index is 12.1. The second kappa shape index (κ2) is 6.09. The zero-order valence-corrected chi connectivity index (χ0v) is 10.7. The summed E-state index contributed by atoms with van der Waals surface area (Å²) < 4.78 is 41.6. The molecule has 0 bridgehead atoms. The number of rotatable bonds is 5. The molecular formula is C14H14F3NO2. The Kier molecular flexibility index (Phi) is 4.44. The minimum Gasteiger partial charge on any atom is -0.493 e. The number of nitrogens with zero attached hydrogens (tertiary/aromatic N) is 1. The predicted octanol–water partition coefficient (Wildman–Crippen LogP) is 3.45. The molecule has 0 atom stereocenters. The molecule has 0 fully saturated rings. The zero-order chi connectivity index (χ0) is 14.6. The molecule has 0 amide bonds. The molecule has 0 saturated heterocycles. The van der Waals surface area contributed by atoms with Gasteiger partial charge in [0, 0.05) is 17.9 Å². The highest BCUT2D eigenvalue weighted by atomic mass is 19.4. The average molecular weight is 285 g/mol. The SMILES string of the molecule is OCc1cc(OCCCC(F)(F)F)c2ccccc2n1. The van der Waals surface area contributed by atoms with Gasteiger partial charge in [-0.25, -0.2) is 0 Å². The first-order valence-corrected chi connectivity index (χ1v) is 6.18. The second-order valence-electron chi connectivity index (χ2n) is 4.35. The van der Waals surface area contributed by atoms with Gasteiger partial charge in [-0.3, -0.25) is 4.98 Å². The predicted molar refractivity (Wildman–Crippen MR) is 68.4 cm³/mol. The van der Waals surface area contributed by atoms with Crippen molar-refractivity contribution >= 4 is 10.9 Å². The van der Waals surface area contributed by atoms with E-state index in [1.54, 1.807) is 30.3 Å². The van der Waals surface area contributed by atoms with Crippen molar-refractivity contribution in [2.24, 2.45) is 0 Å². The Morgan fingerprint density at radius 3 is 2.65 bits per heavy atom. The van der Waals surface area contributed by atoms with E-state index in [9.17, 15) is 13.2 Å². The average Bonchev–Trinajstić information content (AvgIpc) is 2.42. The van der Waals surface area contributed by atoms with Crippen LogP contribution in [0.2, 0.25) is 0 Å². The fourth-order valence-corrected chi connectivity index (χ4v) is 1.85. The second-order valence-corrected chi connectivity index (χ2v) is 4.35. The molecule has 1 aromatic carbocycles. The third kappa shape index (κ3) is 3.84. The van der Waals surface area contributed by atoms with Gasteiger partial charge in [0.1, 0.15) is 5.75 Å². The van der Waals surface area contributed by atoms with E-state index >= 15 is 0 Å². The van der Waals surface area contributed by atoms with Gasteiger partial charge in [0.05, 0.1) is 24.4 Å². The van der Waals surface area contributed by atoms with E-state index in [1.165, 1.54) is 0 Å². The van der Waals surface area contributed by atoms with Crippen LogP contribution in [0.3, 0.4) is 0 Å². The molecule has 2 aromatic rings. The third-order valence-electron chi connectivity index (χ3n) is 2.76. The molecule has 0 unspecified atom stereocenters. The third-order valence-corrected chi connectivity index (χ3v) is 2.76. The summed E-state index contributed by atoms with van der Waals surface area (Å²) >= 11 is 0. The first kappa shape index (κ1) is 14.6. The number of para-hydroxylation sites is 1. The molecule has 1 heterocycles. The maximum absolute atomic E-state index is 12.1. The van der Waals surface area contributed by atoms with Crippen LogP contribution in [-0.4, -0.2) is 22.9 Å². The lowest BCUT2D eigenvalue weighted by Gasteiger charge is -2.11. The number of fused-ring (bicyclic) bond motifs is 1. The van der Waals surface area contributed by atoms with Crippen molar-refractivity contribution in [1.29, 1.82) is 0 Å². The first-order valence-electron chi connectivity index (χ1n) is 6.18. The first-order chi connectivity index (χ1) is 9.49. The Bertz CT molecular complexity index is 584. The van der Waals surface area contributed by atoms with Crippen LogP contribution in [0.1, 0.15) is 18.5 Å². The standard InChI is InChI=1S/C14H14F3NO2/c15-14(16,17)6-3-7-20-13-8-10(9-19)18-12-5-2-1-4-11(12)13/h1-2,4-5,8,19H,3,6-7,9H2. The van der Waals surface area contributed by atoms with Gasteiger partial charge >= 0.3 is 6.18 Å². The van der Waals surface area contributed by atoms with E-state index in [1.807, 2.05) is 0 Å². The van der Waals surface area contributed by atoms with Gasteiger partial charge in [-0.05, 0) is 18.6 Å². The molecule has 0 radical (unpaired) electrons. The van der Waals surface area contributed by atoms with Crippen LogP contribution in [0.15, 0.2) is 30.3 Å². The quantitative estimate of drug-likeness (QED) is 0.856. The molecule has 0 saturated carbocycles. The van der Waals surface area contributed by atoms with E-state index in [-0.39, 0.29) is 19.6 Å². The smallest absolute Gasteiger partial charge is 0.389 e. The van der Waals surface area contributed by atoms with Crippen molar-refractivity contribution in [2.75, 3.05) is 6.61 Å². The van der Waals surface area contributed by atoms with Crippen molar-refractivity contribution in [3.05, 3.63) is 36.0 Å². The van der Waals surface area contributed by atoms with Gasteiger partial charge in [-0.1, -0.05) is 12.1 Å². The van der Waals surface area contributed by atoms with E-state index in [0.717, 1.165) is 5.39 Å². The van der Waals surface area contributed by atoms with Crippen LogP contribution in [0, 0.1) is 0 Å². The summed E-state index contributed by atoms with van der Waals surface area (Å²) in [6.07, 6.45) is -5.14. The normalized spacial score (nSPS) is 11.8. The number of hydrogen-bond acceptors (Lipinski definition) is 3. The maximum Gasteiger partial charge on any atom is 0.389 e. The number of aromatic nitrogens is 1. The van der Waals surface area contributed by atoms with Crippen LogP contribution in [-0.2, 0) is 6.61 Å². The Labute approximate surface area is 114 Å². The largest absolute Gasteiger partial charge is 0.493 e. The lowest BCUT2D eigenvalue weighted by Crippen LogP contribution is -2.10. The van der Waals surface area contributed by atoms with Gasteiger partial charge in [0.15, 0.2) is 0 Å². The summed E-state index contributed by atoms with van der Waals surface area (Å²) in [6.45, 7) is -0.276. The highest BCUT2D eigenvalue weighted by Gasteiger charge is 2.26. The molecule has 0 aliphatic rings. The van der Waals surface area contributed by atoms with Crippen LogP contribution in [0.5, 0.6) is 5.75 Å². The minimum atomic E-state index is -4.17. The topological polar surface area (TPSA) is 42.4 Å². The summed E-state index contributed by atoms with van der Waals surface area (Å²) in [7, 11) is 0. The summed E-state index contributed by atoms with van der Waals surface area (Å²) in [5.41, 5.74) is 1.07. The van der Waals surface area contributed by atoms with E-state index in [0.29, 0.717) is 17.0 Å². The van der Waals surface area contributed by atoms with Crippen molar-refractivity contribution in [1.82, 2.24) is 4.98 Å². The molecule has 20 heavy (non-hydrogen) atoms. The Morgan fingerprint density at radius 2 is 1.95 bits per heavy atom. The van der Waals surface area contributed by atoms with Gasteiger partial charge in [-0.15, -0.1) is 0 Å². The van der Waals surface area contributed by atoms with Crippen LogP contribution in [0.4, 0.5) is 13.2 Å². The van der Waals surface area contributed by atoms with Gasteiger partial charge in [0.2, 0.25) is 0 Å². The zero-order valence-electron chi connectivity index (χ0n) is 10.7. The molecule has 1 aromatic heterocycles. The number of alkyl halides is 3. The summed E-state index contributed by atoms with van der Waals surface area (Å²) in [4.78, 5) is 4.21. The molecule has 3 nitrogen and oxygen atoms in total. The highest BCUT2D eigenvalue weighted by Crippen LogP contribution is 2.26. The Morgan fingerprint density at radius 1 is 1.20 bits per heavy atom. The molecular weight excluding hydrogens is 271 g/mol. The van der Waals surface area contributed by atoms with Crippen molar-refractivity contribution in [2.45, 2.75) is 25.6 Å². The molecule has 1 N–H and O–H groups in total. The number of pyridine rings is 1. The number of aliphatic hydroxyl groups excluding tert-OH is 1. The number of benzene rings is 1. The van der Waals surface area contributed by atoms with Crippen molar-refractivity contribution in [3.8, 4) is 5.75 Å². The van der Waals surface area contributed by atoms with Crippen molar-refractivity contribution < 1.29 is 23.0 Å². The van der Waals surface area contributed by atoms with E-state index in [4.69, 9.17) is 9.84 Å². The van der Waals surface area contributed by atoms with E-state index in [2.05, 4.69) is 4.98 Å². The monoisotopic (exact) mass is 285 g/mol. The lowest BCUT2D eigenvalue weighted by atomic mass is 10.2. The molecule has 0 aliphatic carbocycles. The molecule has 0 spiro atoms. The molecule has 6 heteroatoms. The molecule has 0 aliphatic heterocycles. The van der Waals surface area contributed by atoms with Gasteiger partial charge in [-0.2, -0.15) is 13.2 Å². The van der Waals surface area contributed by atoms with Gasteiger partial charge in [0.25, 0.3) is 0 Å². The minimum absolute atomic E-state index is 0.0294. The van der Waals surface area contributed by atoms with Crippen LogP contribution >= 0.6 is 0 Å². The molecule has 108 valence electrons. The summed E-state index contributed by atoms with van der Waals surface area (Å²) in [5.74, 6) is 0.446. The van der Waals surface area contributed by atoms with Crippen LogP contribution in [0.25, 0.3) is 10.9 Å². The van der Waals surface area contributed by atoms with E-state index < -0.39 is 12.6 Å². The highest BCUT2D eigenvalue weighted by molar-refractivity contribution is 5.85. The fourth-order valence-electron chi connectivity index (χ4n) is 1.85. The number of ether oxygens (including phenoxy) is 1. The summed E-state index contributed by atoms with van der Waals surface area (Å²) in [5, 5.41) is 9.85. The van der Waals surface area contributed by atoms with Crippen molar-refractivity contribution in [3.63, 3.8) is 0 Å². The molecule has 2 rings (SSSR count). The van der Waals surface area contributed by atoms with Crippen LogP contribution < -0.4 is 4.74 Å². The number of hydrogen-bond donors (Lipinski definition) is 1.